The van der Waals surface area contributed by atoms with E-state index < -0.39 is 0 Å². The zero-order valence-electron chi connectivity index (χ0n) is 13.9. The maximum atomic E-state index is 14.1. The summed E-state index contributed by atoms with van der Waals surface area (Å²) in [6.45, 7) is 5.28. The van der Waals surface area contributed by atoms with Crippen molar-refractivity contribution in [2.75, 3.05) is 12.3 Å². The molecule has 23 heavy (non-hydrogen) atoms. The average Bonchev–Trinajstić information content (AvgIpc) is 2.94. The fourth-order valence-electron chi connectivity index (χ4n) is 3.66. The fraction of sp³-hybridized carbons (Fsp3) is 0.611. The zero-order chi connectivity index (χ0) is 16.4. The summed E-state index contributed by atoms with van der Waals surface area (Å²) in [5.74, 6) is 2.59. The first kappa shape index (κ1) is 16.1. The Bertz CT molecular complexity index is 662. The number of hydrogen-bond acceptors (Lipinski definition) is 3. The quantitative estimate of drug-likeness (QED) is 0.852. The van der Waals surface area contributed by atoms with Crippen LogP contribution in [0, 0.1) is 23.6 Å². The SMILES string of the molecule is CCC(C)C1CCC(COc2cc(F)c3c(N)n[nH]c3c2)CC1. The van der Waals surface area contributed by atoms with Crippen molar-refractivity contribution in [2.45, 2.75) is 46.0 Å². The van der Waals surface area contributed by atoms with E-state index in [9.17, 15) is 4.39 Å². The standard InChI is InChI=1S/C18H26FN3O/c1-3-11(2)13-6-4-12(5-7-13)10-23-14-8-15(19)17-16(9-14)21-22-18(17)20/h8-9,11-13H,3-7,10H2,1-2H3,(H3,20,21,22). The van der Waals surface area contributed by atoms with Crippen molar-refractivity contribution < 1.29 is 9.13 Å². The Kier molecular flexibility index (Phi) is 4.74. The average molecular weight is 319 g/mol. The van der Waals surface area contributed by atoms with Gasteiger partial charge < -0.3 is 10.5 Å². The molecule has 1 unspecified atom stereocenters. The van der Waals surface area contributed by atoms with Crippen LogP contribution in [0.2, 0.25) is 0 Å². The van der Waals surface area contributed by atoms with Gasteiger partial charge in [-0.1, -0.05) is 20.3 Å². The Balaban J connectivity index is 1.57. The van der Waals surface area contributed by atoms with Gasteiger partial charge in [0, 0.05) is 12.1 Å². The molecule has 4 nitrogen and oxygen atoms in total. The number of anilines is 1. The number of nitrogen functional groups attached to an aromatic ring is 1. The molecule has 0 saturated heterocycles. The maximum absolute atomic E-state index is 14.1. The van der Waals surface area contributed by atoms with Gasteiger partial charge in [-0.15, -0.1) is 0 Å². The number of aromatic nitrogens is 2. The van der Waals surface area contributed by atoms with Gasteiger partial charge in [-0.25, -0.2) is 4.39 Å². The van der Waals surface area contributed by atoms with Crippen LogP contribution in [-0.2, 0) is 0 Å². The van der Waals surface area contributed by atoms with Crippen molar-refractivity contribution in [3.05, 3.63) is 17.9 Å². The highest BCUT2D eigenvalue weighted by atomic mass is 19.1. The summed E-state index contributed by atoms with van der Waals surface area (Å²) in [5.41, 5.74) is 6.23. The minimum absolute atomic E-state index is 0.187. The zero-order valence-corrected chi connectivity index (χ0v) is 13.9. The smallest absolute Gasteiger partial charge is 0.156 e. The summed E-state index contributed by atoms with van der Waals surface area (Å²) in [6, 6.07) is 3.17. The Hall–Kier alpha value is -1.78. The van der Waals surface area contributed by atoms with Crippen molar-refractivity contribution >= 4 is 16.7 Å². The molecule has 2 aromatic rings. The van der Waals surface area contributed by atoms with E-state index in [-0.39, 0.29) is 11.6 Å². The number of benzene rings is 1. The van der Waals surface area contributed by atoms with Gasteiger partial charge in [-0.3, -0.25) is 5.10 Å². The molecule has 1 fully saturated rings. The molecule has 0 bridgehead atoms. The first-order valence-corrected chi connectivity index (χ1v) is 8.64. The summed E-state index contributed by atoms with van der Waals surface area (Å²) in [6.07, 6.45) is 6.24. The number of aromatic amines is 1. The fourth-order valence-corrected chi connectivity index (χ4v) is 3.66. The van der Waals surface area contributed by atoms with Crippen LogP contribution in [0.1, 0.15) is 46.0 Å². The second-order valence-corrected chi connectivity index (χ2v) is 6.91. The number of nitrogens with one attached hydrogen (secondary N) is 1. The minimum atomic E-state index is -0.385. The van der Waals surface area contributed by atoms with Crippen molar-refractivity contribution in [1.29, 1.82) is 0 Å². The molecule has 0 spiro atoms. The molecule has 1 aromatic heterocycles. The second-order valence-electron chi connectivity index (χ2n) is 6.91. The molecular weight excluding hydrogens is 293 g/mol. The van der Waals surface area contributed by atoms with E-state index in [0.29, 0.717) is 29.2 Å². The van der Waals surface area contributed by atoms with Crippen LogP contribution in [0.4, 0.5) is 10.2 Å². The lowest BCUT2D eigenvalue weighted by atomic mass is 9.76. The number of nitrogens with zero attached hydrogens (tertiary/aromatic N) is 1. The lowest BCUT2D eigenvalue weighted by Gasteiger charge is -2.31. The lowest BCUT2D eigenvalue weighted by Crippen LogP contribution is -2.23. The Morgan fingerprint density at radius 2 is 2.09 bits per heavy atom. The number of rotatable bonds is 5. The van der Waals surface area contributed by atoms with E-state index in [0.717, 1.165) is 11.8 Å². The highest BCUT2D eigenvalue weighted by Gasteiger charge is 2.24. The first-order chi connectivity index (χ1) is 11.1. The molecule has 1 aromatic carbocycles. The summed E-state index contributed by atoms with van der Waals surface area (Å²) in [5, 5.41) is 6.91. The van der Waals surface area contributed by atoms with E-state index in [1.807, 2.05) is 0 Å². The Morgan fingerprint density at radius 3 is 2.78 bits per heavy atom. The van der Waals surface area contributed by atoms with Gasteiger partial charge in [0.05, 0.1) is 17.5 Å². The summed E-state index contributed by atoms with van der Waals surface area (Å²) in [4.78, 5) is 0. The van der Waals surface area contributed by atoms with Gasteiger partial charge in [-0.2, -0.15) is 5.10 Å². The summed E-state index contributed by atoms with van der Waals surface area (Å²) < 4.78 is 19.9. The van der Waals surface area contributed by atoms with Gasteiger partial charge >= 0.3 is 0 Å². The highest BCUT2D eigenvalue weighted by Crippen LogP contribution is 2.35. The summed E-state index contributed by atoms with van der Waals surface area (Å²) >= 11 is 0. The third kappa shape index (κ3) is 3.43. The molecule has 1 aliphatic rings. The van der Waals surface area contributed by atoms with Crippen LogP contribution in [0.25, 0.3) is 10.9 Å². The predicted molar refractivity (Wildman–Crippen MR) is 90.9 cm³/mol. The van der Waals surface area contributed by atoms with Crippen LogP contribution in [0.15, 0.2) is 12.1 Å². The molecule has 0 radical (unpaired) electrons. The van der Waals surface area contributed by atoms with Crippen LogP contribution in [0.3, 0.4) is 0 Å². The predicted octanol–water partition coefficient (Wildman–Crippen LogP) is 4.52. The monoisotopic (exact) mass is 319 g/mol. The molecule has 1 aliphatic carbocycles. The van der Waals surface area contributed by atoms with Crippen molar-refractivity contribution in [3.8, 4) is 5.75 Å². The molecular formula is C18H26FN3O. The van der Waals surface area contributed by atoms with Crippen LogP contribution in [-0.4, -0.2) is 16.8 Å². The molecule has 126 valence electrons. The van der Waals surface area contributed by atoms with Gasteiger partial charge in [0.2, 0.25) is 0 Å². The van der Waals surface area contributed by atoms with Gasteiger partial charge in [0.1, 0.15) is 11.6 Å². The molecule has 1 atom stereocenters. The lowest BCUT2D eigenvalue weighted by molar-refractivity contribution is 0.157. The van der Waals surface area contributed by atoms with E-state index >= 15 is 0 Å². The molecule has 5 heteroatoms. The number of hydrogen-bond donors (Lipinski definition) is 2. The molecule has 1 heterocycles. The second kappa shape index (κ2) is 6.77. The number of halogens is 1. The molecule has 0 amide bonds. The largest absolute Gasteiger partial charge is 0.493 e. The van der Waals surface area contributed by atoms with Gasteiger partial charge in [0.15, 0.2) is 5.82 Å². The number of fused-ring (bicyclic) bond motifs is 1. The van der Waals surface area contributed by atoms with E-state index in [4.69, 9.17) is 10.5 Å². The van der Waals surface area contributed by atoms with E-state index in [1.54, 1.807) is 6.07 Å². The molecule has 1 saturated carbocycles. The topological polar surface area (TPSA) is 63.9 Å². The molecule has 3 N–H and O–H groups in total. The van der Waals surface area contributed by atoms with Crippen LogP contribution < -0.4 is 10.5 Å². The number of nitrogens with two attached hydrogens (primary N) is 1. The van der Waals surface area contributed by atoms with Crippen LogP contribution >= 0.6 is 0 Å². The van der Waals surface area contributed by atoms with Crippen LogP contribution in [0.5, 0.6) is 5.75 Å². The normalized spacial score (nSPS) is 23.1. The molecule has 3 rings (SSSR count). The van der Waals surface area contributed by atoms with Crippen molar-refractivity contribution in [3.63, 3.8) is 0 Å². The van der Waals surface area contributed by atoms with Crippen molar-refractivity contribution in [2.24, 2.45) is 17.8 Å². The highest BCUT2D eigenvalue weighted by molar-refractivity contribution is 5.90. The Labute approximate surface area is 136 Å². The minimum Gasteiger partial charge on any atom is -0.493 e. The van der Waals surface area contributed by atoms with Gasteiger partial charge in [-0.05, 0) is 43.4 Å². The third-order valence-corrected chi connectivity index (χ3v) is 5.44. The van der Waals surface area contributed by atoms with Crippen molar-refractivity contribution in [1.82, 2.24) is 10.2 Å². The van der Waals surface area contributed by atoms with E-state index in [1.165, 1.54) is 38.2 Å². The van der Waals surface area contributed by atoms with E-state index in [2.05, 4.69) is 24.0 Å². The number of ether oxygens (including phenoxy) is 1. The Morgan fingerprint density at radius 1 is 1.35 bits per heavy atom. The third-order valence-electron chi connectivity index (χ3n) is 5.44. The summed E-state index contributed by atoms with van der Waals surface area (Å²) in [7, 11) is 0. The number of H-pyrrole nitrogens is 1. The molecule has 0 aliphatic heterocycles. The van der Waals surface area contributed by atoms with Gasteiger partial charge in [0.25, 0.3) is 0 Å². The maximum Gasteiger partial charge on any atom is 0.156 e. The first-order valence-electron chi connectivity index (χ1n) is 8.64.